The predicted molar refractivity (Wildman–Crippen MR) is 108 cm³/mol. The molecule has 28 heavy (non-hydrogen) atoms. The largest absolute Gasteiger partial charge is 0.469 e. The second-order valence-corrected chi connectivity index (χ2v) is 8.48. The van der Waals surface area contributed by atoms with Crippen molar-refractivity contribution in [3.05, 3.63) is 12.2 Å². The summed E-state index contributed by atoms with van der Waals surface area (Å²) < 4.78 is 10.4. The highest BCUT2D eigenvalue weighted by atomic mass is 16.6. The highest BCUT2D eigenvalue weighted by Gasteiger charge is 2.49. The highest BCUT2D eigenvalue weighted by molar-refractivity contribution is 5.75. The Morgan fingerprint density at radius 1 is 1.25 bits per heavy atom. The van der Waals surface area contributed by atoms with Gasteiger partial charge in [0.05, 0.1) is 13.0 Å². The van der Waals surface area contributed by atoms with Crippen LogP contribution in [0.3, 0.4) is 0 Å². The van der Waals surface area contributed by atoms with Crippen molar-refractivity contribution < 1.29 is 23.9 Å². The summed E-state index contributed by atoms with van der Waals surface area (Å²) in [5.74, 6) is -1.16. The van der Waals surface area contributed by atoms with Crippen LogP contribution in [-0.2, 0) is 19.1 Å². The monoisotopic (exact) mass is 396 g/mol. The van der Waals surface area contributed by atoms with E-state index in [4.69, 9.17) is 9.47 Å². The zero-order chi connectivity index (χ0) is 21.5. The van der Waals surface area contributed by atoms with E-state index in [0.717, 1.165) is 12.8 Å². The molecule has 0 spiro atoms. The zero-order valence-corrected chi connectivity index (χ0v) is 18.2. The van der Waals surface area contributed by atoms with E-state index in [-0.39, 0.29) is 41.7 Å². The number of esters is 1. The number of unbranched alkanes of at least 4 members (excludes halogenated alkanes) is 1. The first-order valence-corrected chi connectivity index (χ1v) is 10.0. The van der Waals surface area contributed by atoms with E-state index in [1.54, 1.807) is 20.8 Å². The number of ether oxygens (including phenoxy) is 2. The molecule has 0 heterocycles. The highest BCUT2D eigenvalue weighted by Crippen LogP contribution is 2.41. The fraction of sp³-hybridized carbons (Fsp3) is 0.762. The predicted octanol–water partition coefficient (Wildman–Crippen LogP) is 3.19. The van der Waals surface area contributed by atoms with Gasteiger partial charge in [-0.3, -0.25) is 9.59 Å². The number of carbonyl (C=O) groups excluding carboxylic acids is 3. The Labute approximate surface area is 168 Å². The summed E-state index contributed by atoms with van der Waals surface area (Å²) in [6, 6.07) is -0.555. The van der Waals surface area contributed by atoms with Gasteiger partial charge >= 0.3 is 12.1 Å². The summed E-state index contributed by atoms with van der Waals surface area (Å²) >= 11 is 0. The van der Waals surface area contributed by atoms with Gasteiger partial charge in [0.25, 0.3) is 0 Å². The lowest BCUT2D eigenvalue weighted by molar-refractivity contribution is -0.146. The third kappa shape index (κ3) is 7.17. The Kier molecular flexibility index (Phi) is 8.98. The van der Waals surface area contributed by atoms with Crippen LogP contribution in [0.1, 0.15) is 60.8 Å². The quantitative estimate of drug-likeness (QED) is 0.509. The molecule has 2 amide bonds. The van der Waals surface area contributed by atoms with Crippen molar-refractivity contribution in [2.45, 2.75) is 78.5 Å². The maximum Gasteiger partial charge on any atom is 0.407 e. The molecule has 160 valence electrons. The van der Waals surface area contributed by atoms with Gasteiger partial charge in [-0.25, -0.2) is 4.79 Å². The van der Waals surface area contributed by atoms with Crippen molar-refractivity contribution in [1.29, 1.82) is 0 Å². The molecule has 7 heteroatoms. The molecule has 1 rings (SSSR count). The molecule has 0 saturated heterocycles. The average molecular weight is 397 g/mol. The van der Waals surface area contributed by atoms with Crippen LogP contribution in [0.25, 0.3) is 0 Å². The van der Waals surface area contributed by atoms with Crippen molar-refractivity contribution in [3.63, 3.8) is 0 Å². The van der Waals surface area contributed by atoms with Gasteiger partial charge in [-0.2, -0.15) is 0 Å². The van der Waals surface area contributed by atoms with Gasteiger partial charge in [-0.1, -0.05) is 25.5 Å². The van der Waals surface area contributed by atoms with Crippen LogP contribution in [0, 0.1) is 17.8 Å². The first-order valence-electron chi connectivity index (χ1n) is 10.0. The van der Waals surface area contributed by atoms with Gasteiger partial charge in [-0.15, -0.1) is 0 Å². The number of alkyl carbamates (subject to hydrolysis) is 1. The van der Waals surface area contributed by atoms with Crippen LogP contribution in [-0.4, -0.2) is 42.8 Å². The van der Waals surface area contributed by atoms with E-state index in [1.165, 1.54) is 14.0 Å². The molecule has 0 radical (unpaired) electrons. The van der Waals surface area contributed by atoms with Crippen molar-refractivity contribution in [1.82, 2.24) is 10.6 Å². The number of carbonyl (C=O) groups is 3. The molecule has 1 aliphatic carbocycles. The number of rotatable bonds is 7. The number of methoxy groups -OCH3 is 1. The van der Waals surface area contributed by atoms with Crippen LogP contribution in [0.5, 0.6) is 0 Å². The summed E-state index contributed by atoms with van der Waals surface area (Å²) in [4.78, 5) is 36.4. The number of hydrogen-bond donors (Lipinski definition) is 2. The molecule has 1 aliphatic rings. The summed E-state index contributed by atoms with van der Waals surface area (Å²) in [5.41, 5.74) is -0.621. The van der Waals surface area contributed by atoms with E-state index >= 15 is 0 Å². The minimum Gasteiger partial charge on any atom is -0.469 e. The molecule has 0 aromatic heterocycles. The Bertz CT molecular complexity index is 582. The first-order chi connectivity index (χ1) is 13.0. The van der Waals surface area contributed by atoms with Crippen LogP contribution in [0.2, 0.25) is 0 Å². The molecule has 0 bridgehead atoms. The van der Waals surface area contributed by atoms with E-state index < -0.39 is 11.7 Å². The normalized spacial score (nSPS) is 26.0. The van der Waals surface area contributed by atoms with Crippen molar-refractivity contribution in [3.8, 4) is 0 Å². The first kappa shape index (κ1) is 24.0. The third-order valence-corrected chi connectivity index (χ3v) is 4.91. The Morgan fingerprint density at radius 3 is 2.39 bits per heavy atom. The van der Waals surface area contributed by atoms with Crippen molar-refractivity contribution in [2.75, 3.05) is 7.11 Å². The molecular formula is C21H36N2O5. The van der Waals surface area contributed by atoms with Crippen LogP contribution in [0.15, 0.2) is 12.2 Å². The van der Waals surface area contributed by atoms with Gasteiger partial charge in [0.2, 0.25) is 5.91 Å². The van der Waals surface area contributed by atoms with Gasteiger partial charge in [0.1, 0.15) is 5.60 Å². The Balaban J connectivity index is 3.16. The Morgan fingerprint density at radius 2 is 1.89 bits per heavy atom. The van der Waals surface area contributed by atoms with Gasteiger partial charge < -0.3 is 20.1 Å². The van der Waals surface area contributed by atoms with Gasteiger partial charge in [-0.05, 0) is 46.5 Å². The lowest BCUT2D eigenvalue weighted by atomic mass is 9.83. The summed E-state index contributed by atoms with van der Waals surface area (Å²) in [6.45, 7) is 10.8. The minimum absolute atomic E-state index is 0.152. The maximum atomic E-state index is 12.4. The molecular weight excluding hydrogens is 360 g/mol. The third-order valence-electron chi connectivity index (χ3n) is 4.91. The maximum absolute atomic E-state index is 12.4. The number of amides is 2. The topological polar surface area (TPSA) is 93.7 Å². The van der Waals surface area contributed by atoms with E-state index in [2.05, 4.69) is 23.6 Å². The van der Waals surface area contributed by atoms with Crippen molar-refractivity contribution in [2.24, 2.45) is 17.8 Å². The zero-order valence-electron chi connectivity index (χ0n) is 18.2. The fourth-order valence-electron chi connectivity index (χ4n) is 3.92. The van der Waals surface area contributed by atoms with Crippen LogP contribution >= 0.6 is 0 Å². The minimum atomic E-state index is -0.621. The molecule has 1 saturated carbocycles. The fourth-order valence-corrected chi connectivity index (χ4v) is 3.92. The molecule has 5 atom stereocenters. The second kappa shape index (κ2) is 10.5. The molecule has 0 aliphatic heterocycles. The molecule has 1 fully saturated rings. The Hall–Kier alpha value is -2.05. The van der Waals surface area contributed by atoms with E-state index in [9.17, 15) is 14.4 Å². The smallest absolute Gasteiger partial charge is 0.407 e. The van der Waals surface area contributed by atoms with Crippen molar-refractivity contribution >= 4 is 18.0 Å². The van der Waals surface area contributed by atoms with Crippen LogP contribution < -0.4 is 10.6 Å². The lowest BCUT2D eigenvalue weighted by Gasteiger charge is -2.31. The molecule has 5 unspecified atom stereocenters. The summed E-state index contributed by atoms with van der Waals surface area (Å²) in [5, 5.41) is 5.83. The SMILES string of the molecule is CCCC=CC1C(C(=O)OC)CC(NC(=O)OC(C)(C)C)C1C(C)NC(C)=O. The van der Waals surface area contributed by atoms with E-state index in [0.29, 0.717) is 6.42 Å². The molecule has 0 aromatic carbocycles. The standard InChI is InChI=1S/C21H36N2O5/c1-8-9-10-11-15-16(19(25)27-7)12-17(18(15)13(2)22-14(3)24)23-20(26)28-21(4,5)6/h10-11,13,15-18H,8-9,12H2,1-7H3,(H,22,24)(H,23,26). The molecule has 0 aromatic rings. The van der Waals surface area contributed by atoms with E-state index in [1.807, 2.05) is 13.0 Å². The molecule has 7 nitrogen and oxygen atoms in total. The van der Waals surface area contributed by atoms with Gasteiger partial charge in [0, 0.05) is 24.9 Å². The lowest BCUT2D eigenvalue weighted by Crippen LogP contribution is -2.49. The number of allylic oxidation sites excluding steroid dienone is 2. The second-order valence-electron chi connectivity index (χ2n) is 8.48. The summed E-state index contributed by atoms with van der Waals surface area (Å²) in [7, 11) is 1.37. The van der Waals surface area contributed by atoms with Gasteiger partial charge in [0.15, 0.2) is 0 Å². The van der Waals surface area contributed by atoms with Crippen LogP contribution in [0.4, 0.5) is 4.79 Å². The molecule has 2 N–H and O–H groups in total. The average Bonchev–Trinajstić information content (AvgIpc) is 2.90. The number of hydrogen-bond acceptors (Lipinski definition) is 5. The number of nitrogens with one attached hydrogen (secondary N) is 2. The summed E-state index contributed by atoms with van der Waals surface area (Å²) in [6.07, 6.45) is 5.89.